The van der Waals surface area contributed by atoms with Crippen molar-refractivity contribution in [3.8, 4) is 10.4 Å². The molecule has 7 heteroatoms. The molecule has 1 aliphatic carbocycles. The summed E-state index contributed by atoms with van der Waals surface area (Å²) >= 11 is 3.28. The van der Waals surface area contributed by atoms with Gasteiger partial charge in [-0.15, -0.1) is 11.3 Å². The minimum Gasteiger partial charge on any atom is -0.379 e. The molecule has 1 unspecified atom stereocenters. The van der Waals surface area contributed by atoms with Gasteiger partial charge >= 0.3 is 6.18 Å². The number of nitrogens with zero attached hydrogens (tertiary/aromatic N) is 1. The second kappa shape index (κ2) is 6.60. The standard InChI is InChI=1S/C19H19F3N2S2/c20-19(21,22)11-12-3-1-4-13(9-12)16-10-14-15(26-16)5-2-6-18(14)7-8-25-17(23)24-18/h1,3-4,9-10H,2,5-8,11H2,(H2,23,24). The summed E-state index contributed by atoms with van der Waals surface area (Å²) in [5.41, 5.74) is 8.15. The van der Waals surface area contributed by atoms with Crippen LogP contribution < -0.4 is 5.73 Å². The van der Waals surface area contributed by atoms with Gasteiger partial charge in [-0.25, -0.2) is 0 Å². The van der Waals surface area contributed by atoms with Crippen molar-refractivity contribution in [1.29, 1.82) is 0 Å². The van der Waals surface area contributed by atoms with Gasteiger partial charge in [0.15, 0.2) is 5.17 Å². The highest BCUT2D eigenvalue weighted by Gasteiger charge is 2.39. The van der Waals surface area contributed by atoms with E-state index >= 15 is 0 Å². The van der Waals surface area contributed by atoms with Gasteiger partial charge in [0, 0.05) is 15.5 Å². The predicted molar refractivity (Wildman–Crippen MR) is 103 cm³/mol. The average molecular weight is 397 g/mol. The van der Waals surface area contributed by atoms with Crippen molar-refractivity contribution in [2.24, 2.45) is 10.7 Å². The summed E-state index contributed by atoms with van der Waals surface area (Å²) < 4.78 is 38.1. The van der Waals surface area contributed by atoms with Crippen LogP contribution in [0.15, 0.2) is 35.3 Å². The summed E-state index contributed by atoms with van der Waals surface area (Å²) in [6.45, 7) is 0. The first-order valence-corrected chi connectivity index (χ1v) is 10.4. The molecule has 4 rings (SSSR count). The third kappa shape index (κ3) is 3.51. The van der Waals surface area contributed by atoms with E-state index in [4.69, 9.17) is 10.7 Å². The van der Waals surface area contributed by atoms with Crippen LogP contribution in [0.4, 0.5) is 13.2 Å². The Morgan fingerprint density at radius 3 is 2.81 bits per heavy atom. The first-order valence-electron chi connectivity index (χ1n) is 8.62. The SMILES string of the molecule is NC1=NC2(CCCc3sc(-c4cccc(CC(F)(F)F)c4)cc32)CCS1. The van der Waals surface area contributed by atoms with E-state index in [1.807, 2.05) is 6.07 Å². The Labute approximate surface area is 158 Å². The summed E-state index contributed by atoms with van der Waals surface area (Å²) in [4.78, 5) is 7.13. The van der Waals surface area contributed by atoms with Crippen LogP contribution in [0, 0.1) is 0 Å². The molecule has 1 spiro atoms. The second-order valence-corrected chi connectivity index (χ2v) is 9.13. The molecule has 1 aromatic carbocycles. The molecule has 2 heterocycles. The van der Waals surface area contributed by atoms with E-state index in [-0.39, 0.29) is 5.54 Å². The molecule has 2 N–H and O–H groups in total. The van der Waals surface area contributed by atoms with Gasteiger partial charge in [0.25, 0.3) is 0 Å². The van der Waals surface area contributed by atoms with Crippen molar-refractivity contribution in [3.05, 3.63) is 46.3 Å². The molecular formula is C19H19F3N2S2. The fourth-order valence-electron chi connectivity index (χ4n) is 3.89. The minimum absolute atomic E-state index is 0.235. The van der Waals surface area contributed by atoms with Crippen molar-refractivity contribution in [3.63, 3.8) is 0 Å². The van der Waals surface area contributed by atoms with Gasteiger partial charge in [0.1, 0.15) is 0 Å². The van der Waals surface area contributed by atoms with Gasteiger partial charge in [-0.3, -0.25) is 4.99 Å². The second-order valence-electron chi connectivity index (χ2n) is 6.87. The van der Waals surface area contributed by atoms with Crippen LogP contribution in [0.5, 0.6) is 0 Å². The summed E-state index contributed by atoms with van der Waals surface area (Å²) in [6.07, 6.45) is -1.05. The zero-order valence-corrected chi connectivity index (χ0v) is 15.7. The number of halogens is 3. The quantitative estimate of drug-likeness (QED) is 0.728. The zero-order valence-electron chi connectivity index (χ0n) is 14.1. The first-order chi connectivity index (χ1) is 12.3. The molecular weight excluding hydrogens is 377 g/mol. The summed E-state index contributed by atoms with van der Waals surface area (Å²) in [7, 11) is 0. The lowest BCUT2D eigenvalue weighted by Gasteiger charge is -2.36. The summed E-state index contributed by atoms with van der Waals surface area (Å²) in [5.74, 6) is 0.959. The molecule has 2 aromatic rings. The molecule has 2 aliphatic rings. The number of nitrogens with two attached hydrogens (primary N) is 1. The van der Waals surface area contributed by atoms with Crippen LogP contribution in [0.25, 0.3) is 10.4 Å². The Balaban J connectivity index is 1.72. The maximum absolute atomic E-state index is 12.7. The number of hydrogen-bond acceptors (Lipinski definition) is 4. The van der Waals surface area contributed by atoms with Crippen LogP contribution in [-0.2, 0) is 18.4 Å². The molecule has 0 saturated heterocycles. The lowest BCUT2D eigenvalue weighted by Crippen LogP contribution is -2.34. The number of benzene rings is 1. The minimum atomic E-state index is -4.19. The number of alkyl halides is 3. The smallest absolute Gasteiger partial charge is 0.379 e. The molecule has 0 saturated carbocycles. The molecule has 0 fully saturated rings. The van der Waals surface area contributed by atoms with Crippen molar-refractivity contribution >= 4 is 28.3 Å². The molecule has 0 bridgehead atoms. The molecule has 2 nitrogen and oxygen atoms in total. The van der Waals surface area contributed by atoms with Gasteiger partial charge in [-0.1, -0.05) is 36.0 Å². The molecule has 0 amide bonds. The van der Waals surface area contributed by atoms with Crippen molar-refractivity contribution in [2.45, 2.75) is 43.8 Å². The van der Waals surface area contributed by atoms with E-state index in [1.54, 1.807) is 35.2 Å². The van der Waals surface area contributed by atoms with Gasteiger partial charge in [0.2, 0.25) is 0 Å². The summed E-state index contributed by atoms with van der Waals surface area (Å²) in [6, 6.07) is 8.93. The number of fused-ring (bicyclic) bond motifs is 2. The lowest BCUT2D eigenvalue weighted by atomic mass is 9.78. The van der Waals surface area contributed by atoms with Crippen LogP contribution in [0.2, 0.25) is 0 Å². The van der Waals surface area contributed by atoms with E-state index in [9.17, 15) is 13.2 Å². The van der Waals surface area contributed by atoms with Crippen molar-refractivity contribution in [2.75, 3.05) is 5.75 Å². The van der Waals surface area contributed by atoms with E-state index in [1.165, 1.54) is 16.5 Å². The Bertz CT molecular complexity index is 857. The number of rotatable bonds is 2. The average Bonchev–Trinajstić information content (AvgIpc) is 2.99. The normalized spacial score (nSPS) is 23.0. The van der Waals surface area contributed by atoms with Gasteiger partial charge in [-0.2, -0.15) is 13.2 Å². The fraction of sp³-hybridized carbons (Fsp3) is 0.421. The third-order valence-corrected chi connectivity index (χ3v) is 7.05. The van der Waals surface area contributed by atoms with Gasteiger partial charge in [-0.05, 0) is 48.4 Å². The molecule has 1 aliphatic heterocycles. The first kappa shape index (κ1) is 17.9. The number of aliphatic imine (C=N–C) groups is 1. The number of hydrogen-bond donors (Lipinski definition) is 1. The number of thiophene rings is 1. The number of aryl methyl sites for hydroxylation is 1. The number of thioether (sulfide) groups is 1. The van der Waals surface area contributed by atoms with Gasteiger partial charge < -0.3 is 5.73 Å². The predicted octanol–water partition coefficient (Wildman–Crippen LogP) is 5.50. The van der Waals surface area contributed by atoms with Crippen LogP contribution in [0.1, 0.15) is 35.3 Å². The highest BCUT2D eigenvalue weighted by molar-refractivity contribution is 8.13. The van der Waals surface area contributed by atoms with Gasteiger partial charge in [0.05, 0.1) is 12.0 Å². The number of amidine groups is 1. The topological polar surface area (TPSA) is 38.4 Å². The summed E-state index contributed by atoms with van der Waals surface area (Å²) in [5, 5.41) is 0.643. The Morgan fingerprint density at radius 1 is 1.19 bits per heavy atom. The van der Waals surface area contributed by atoms with E-state index in [0.29, 0.717) is 10.7 Å². The Kier molecular flexibility index (Phi) is 4.55. The highest BCUT2D eigenvalue weighted by Crippen LogP contribution is 2.49. The van der Waals surface area contributed by atoms with Crippen molar-refractivity contribution in [1.82, 2.24) is 0 Å². The molecule has 26 heavy (non-hydrogen) atoms. The monoisotopic (exact) mass is 396 g/mol. The van der Waals surface area contributed by atoms with Crippen LogP contribution in [0.3, 0.4) is 0 Å². The third-order valence-electron chi connectivity index (χ3n) is 5.01. The fourth-order valence-corrected chi connectivity index (χ4v) is 6.07. The van der Waals surface area contributed by atoms with E-state index < -0.39 is 12.6 Å². The molecule has 0 radical (unpaired) electrons. The van der Waals surface area contributed by atoms with E-state index in [0.717, 1.165) is 41.9 Å². The van der Waals surface area contributed by atoms with Crippen molar-refractivity contribution < 1.29 is 13.2 Å². The largest absolute Gasteiger partial charge is 0.393 e. The maximum Gasteiger partial charge on any atom is 0.393 e. The van der Waals surface area contributed by atoms with E-state index in [2.05, 4.69) is 6.07 Å². The van der Waals surface area contributed by atoms with Crippen LogP contribution >= 0.6 is 23.1 Å². The molecule has 1 aromatic heterocycles. The maximum atomic E-state index is 12.7. The van der Waals surface area contributed by atoms with Crippen LogP contribution in [-0.4, -0.2) is 17.1 Å². The molecule has 1 atom stereocenters. The highest BCUT2D eigenvalue weighted by atomic mass is 32.2. The lowest BCUT2D eigenvalue weighted by molar-refractivity contribution is -0.127. The zero-order chi connectivity index (χ0) is 18.4. The molecule has 138 valence electrons. The Morgan fingerprint density at radius 2 is 2.04 bits per heavy atom. The Hall–Kier alpha value is -1.47.